The Morgan fingerprint density at radius 1 is 0.842 bits per heavy atom. The molecule has 0 unspecified atom stereocenters. The number of nitrogens with zero attached hydrogens (tertiary/aromatic N) is 1. The number of benzene rings is 2. The molecule has 0 saturated heterocycles. The largest absolute Gasteiger partial charge is 0.256 e. The van der Waals surface area contributed by atoms with Crippen LogP contribution in [0.1, 0.15) is 24.3 Å². The summed E-state index contributed by atoms with van der Waals surface area (Å²) < 4.78 is 0. The molecule has 0 spiro atoms. The third kappa shape index (κ3) is 1.82. The van der Waals surface area contributed by atoms with Gasteiger partial charge in [-0.3, -0.25) is 4.98 Å². The SMILES string of the molecule is c1ccc(C2CC2)c(-c2nccc3ccccc23)c1. The van der Waals surface area contributed by atoms with E-state index in [1.807, 2.05) is 6.20 Å². The Morgan fingerprint density at radius 3 is 2.53 bits per heavy atom. The topological polar surface area (TPSA) is 12.9 Å². The molecule has 0 N–H and O–H groups in total. The van der Waals surface area contributed by atoms with Crippen molar-refractivity contribution in [3.8, 4) is 11.3 Å². The Bertz CT molecular complexity index is 736. The lowest BCUT2D eigenvalue weighted by Gasteiger charge is -2.10. The predicted molar refractivity (Wildman–Crippen MR) is 79.2 cm³/mol. The first kappa shape index (κ1) is 10.7. The van der Waals surface area contributed by atoms with Crippen molar-refractivity contribution < 1.29 is 0 Å². The summed E-state index contributed by atoms with van der Waals surface area (Å²) in [5.74, 6) is 0.747. The van der Waals surface area contributed by atoms with Gasteiger partial charge in [0.05, 0.1) is 5.69 Å². The first-order valence-electron chi connectivity index (χ1n) is 6.86. The van der Waals surface area contributed by atoms with E-state index in [-0.39, 0.29) is 0 Å². The van der Waals surface area contributed by atoms with E-state index in [2.05, 4.69) is 59.6 Å². The van der Waals surface area contributed by atoms with Gasteiger partial charge in [0.25, 0.3) is 0 Å². The highest BCUT2D eigenvalue weighted by atomic mass is 14.7. The summed E-state index contributed by atoms with van der Waals surface area (Å²) in [6, 6.07) is 19.3. The molecule has 92 valence electrons. The lowest BCUT2D eigenvalue weighted by molar-refractivity contribution is 1.13. The highest BCUT2D eigenvalue weighted by molar-refractivity contribution is 5.95. The lowest BCUT2D eigenvalue weighted by Crippen LogP contribution is -1.91. The first-order chi connectivity index (χ1) is 9.43. The van der Waals surface area contributed by atoms with Crippen molar-refractivity contribution in [1.82, 2.24) is 4.98 Å². The van der Waals surface area contributed by atoms with Crippen LogP contribution in [0.5, 0.6) is 0 Å². The standard InChI is InChI=1S/C18H15N/c1-2-7-16-13(5-1)11-12-19-18(16)17-8-4-3-6-15(17)14-9-10-14/h1-8,11-12,14H,9-10H2. The number of hydrogen-bond acceptors (Lipinski definition) is 1. The highest BCUT2D eigenvalue weighted by Crippen LogP contribution is 2.44. The zero-order valence-corrected chi connectivity index (χ0v) is 10.7. The summed E-state index contributed by atoms with van der Waals surface area (Å²) in [5, 5.41) is 2.51. The molecule has 1 heteroatoms. The summed E-state index contributed by atoms with van der Waals surface area (Å²) in [4.78, 5) is 4.65. The van der Waals surface area contributed by atoms with Crippen molar-refractivity contribution in [1.29, 1.82) is 0 Å². The number of pyridine rings is 1. The molecule has 2 aromatic carbocycles. The number of fused-ring (bicyclic) bond motifs is 1. The van der Waals surface area contributed by atoms with Gasteiger partial charge in [-0.25, -0.2) is 0 Å². The molecule has 0 bridgehead atoms. The number of aromatic nitrogens is 1. The van der Waals surface area contributed by atoms with Crippen molar-refractivity contribution in [3.05, 3.63) is 66.4 Å². The van der Waals surface area contributed by atoms with Crippen LogP contribution in [0.25, 0.3) is 22.0 Å². The maximum Gasteiger partial charge on any atom is 0.0783 e. The predicted octanol–water partition coefficient (Wildman–Crippen LogP) is 4.78. The summed E-state index contributed by atoms with van der Waals surface area (Å²) >= 11 is 0. The van der Waals surface area contributed by atoms with Crippen LogP contribution in [-0.4, -0.2) is 4.98 Å². The fraction of sp³-hybridized carbons (Fsp3) is 0.167. The monoisotopic (exact) mass is 245 g/mol. The third-order valence-electron chi connectivity index (χ3n) is 3.91. The Hall–Kier alpha value is -2.15. The van der Waals surface area contributed by atoms with Gasteiger partial charge in [-0.15, -0.1) is 0 Å². The zero-order valence-electron chi connectivity index (χ0n) is 10.7. The minimum Gasteiger partial charge on any atom is -0.256 e. The molecule has 1 aliphatic carbocycles. The molecule has 1 fully saturated rings. The van der Waals surface area contributed by atoms with Gasteiger partial charge in [-0.1, -0.05) is 48.5 Å². The van der Waals surface area contributed by atoms with Crippen molar-refractivity contribution in [2.24, 2.45) is 0 Å². The van der Waals surface area contributed by atoms with Crippen LogP contribution < -0.4 is 0 Å². The Morgan fingerprint density at radius 2 is 1.63 bits per heavy atom. The molecular weight excluding hydrogens is 230 g/mol. The molecule has 19 heavy (non-hydrogen) atoms. The highest BCUT2D eigenvalue weighted by Gasteiger charge is 2.26. The van der Waals surface area contributed by atoms with Gasteiger partial charge in [-0.2, -0.15) is 0 Å². The molecule has 1 saturated carbocycles. The lowest BCUT2D eigenvalue weighted by atomic mass is 9.97. The van der Waals surface area contributed by atoms with Crippen molar-refractivity contribution in [2.75, 3.05) is 0 Å². The molecule has 3 aromatic rings. The minimum absolute atomic E-state index is 0.747. The zero-order chi connectivity index (χ0) is 12.7. The van der Waals surface area contributed by atoms with Crippen LogP contribution in [0.2, 0.25) is 0 Å². The summed E-state index contributed by atoms with van der Waals surface area (Å²) in [7, 11) is 0. The maximum absolute atomic E-state index is 4.65. The number of rotatable bonds is 2. The maximum atomic E-state index is 4.65. The van der Waals surface area contributed by atoms with Crippen LogP contribution in [0.15, 0.2) is 60.8 Å². The van der Waals surface area contributed by atoms with Crippen molar-refractivity contribution in [2.45, 2.75) is 18.8 Å². The van der Waals surface area contributed by atoms with E-state index in [1.54, 1.807) is 0 Å². The van der Waals surface area contributed by atoms with E-state index < -0.39 is 0 Å². The summed E-state index contributed by atoms with van der Waals surface area (Å²) in [6.07, 6.45) is 4.56. The van der Waals surface area contributed by atoms with E-state index in [4.69, 9.17) is 0 Å². The molecule has 0 radical (unpaired) electrons. The Balaban J connectivity index is 2.00. The van der Waals surface area contributed by atoms with Gasteiger partial charge in [-0.05, 0) is 35.8 Å². The summed E-state index contributed by atoms with van der Waals surface area (Å²) in [5.41, 5.74) is 3.90. The molecule has 4 rings (SSSR count). The second-order valence-electron chi connectivity index (χ2n) is 5.24. The molecule has 0 atom stereocenters. The molecule has 1 nitrogen and oxygen atoms in total. The van der Waals surface area contributed by atoms with Gasteiger partial charge in [0, 0.05) is 17.1 Å². The molecule has 0 aliphatic heterocycles. The van der Waals surface area contributed by atoms with Crippen LogP contribution >= 0.6 is 0 Å². The van der Waals surface area contributed by atoms with Gasteiger partial charge < -0.3 is 0 Å². The quantitative estimate of drug-likeness (QED) is 0.633. The summed E-state index contributed by atoms with van der Waals surface area (Å²) in [6.45, 7) is 0. The molecule has 1 aromatic heterocycles. The fourth-order valence-corrected chi connectivity index (χ4v) is 2.80. The third-order valence-corrected chi connectivity index (χ3v) is 3.91. The van der Waals surface area contributed by atoms with E-state index in [0.29, 0.717) is 0 Å². The normalized spacial score (nSPS) is 14.7. The fourth-order valence-electron chi connectivity index (χ4n) is 2.80. The Labute approximate surface area is 112 Å². The minimum atomic E-state index is 0.747. The van der Waals surface area contributed by atoms with E-state index in [9.17, 15) is 0 Å². The number of hydrogen-bond donors (Lipinski definition) is 0. The molecular formula is C18H15N. The van der Waals surface area contributed by atoms with Crippen molar-refractivity contribution in [3.63, 3.8) is 0 Å². The van der Waals surface area contributed by atoms with Gasteiger partial charge in [0.15, 0.2) is 0 Å². The van der Waals surface area contributed by atoms with Crippen molar-refractivity contribution >= 4 is 10.8 Å². The average molecular weight is 245 g/mol. The Kier molecular flexibility index (Phi) is 2.37. The molecule has 1 aliphatic rings. The molecule has 0 amide bonds. The van der Waals surface area contributed by atoms with Gasteiger partial charge in [0.1, 0.15) is 0 Å². The van der Waals surface area contributed by atoms with E-state index in [1.165, 1.54) is 34.7 Å². The molecule has 1 heterocycles. The van der Waals surface area contributed by atoms with Gasteiger partial charge >= 0.3 is 0 Å². The second kappa shape index (κ2) is 4.20. The van der Waals surface area contributed by atoms with Crippen LogP contribution in [0.4, 0.5) is 0 Å². The van der Waals surface area contributed by atoms with Gasteiger partial charge in [0.2, 0.25) is 0 Å². The van der Waals surface area contributed by atoms with Crippen LogP contribution in [0.3, 0.4) is 0 Å². The first-order valence-corrected chi connectivity index (χ1v) is 6.86. The van der Waals surface area contributed by atoms with E-state index >= 15 is 0 Å². The second-order valence-corrected chi connectivity index (χ2v) is 5.24. The smallest absolute Gasteiger partial charge is 0.0783 e. The van der Waals surface area contributed by atoms with Crippen LogP contribution in [-0.2, 0) is 0 Å². The average Bonchev–Trinajstić information content (AvgIpc) is 3.31. The van der Waals surface area contributed by atoms with E-state index in [0.717, 1.165) is 11.6 Å². The van der Waals surface area contributed by atoms with Crippen LogP contribution in [0, 0.1) is 0 Å².